The van der Waals surface area contributed by atoms with Gasteiger partial charge in [-0.05, 0) is 44.5 Å². The normalized spacial score (nSPS) is 15.0. The largest absolute Gasteiger partial charge is 0.494 e. The van der Waals surface area contributed by atoms with Gasteiger partial charge in [-0.3, -0.25) is 9.69 Å². The SMILES string of the molecule is Cc1ncnc(N2CCN(CCCOc3ccc(C(N)=O)cc3)CC2)c1C. The number of ether oxygens (including phenoxy) is 1. The fourth-order valence-electron chi connectivity index (χ4n) is 3.22. The van der Waals surface area contributed by atoms with Gasteiger partial charge in [-0.15, -0.1) is 0 Å². The minimum Gasteiger partial charge on any atom is -0.494 e. The van der Waals surface area contributed by atoms with Crippen LogP contribution in [0.25, 0.3) is 0 Å². The molecule has 7 nitrogen and oxygen atoms in total. The summed E-state index contributed by atoms with van der Waals surface area (Å²) in [5.74, 6) is 1.40. The summed E-state index contributed by atoms with van der Waals surface area (Å²) >= 11 is 0. The summed E-state index contributed by atoms with van der Waals surface area (Å²) in [6, 6.07) is 6.94. The molecule has 0 atom stereocenters. The molecule has 3 rings (SSSR count). The number of carbonyl (C=O) groups excluding carboxylic acids is 1. The Kier molecular flexibility index (Phi) is 6.24. The summed E-state index contributed by atoms with van der Waals surface area (Å²) in [4.78, 5) is 24.6. The molecule has 0 aliphatic carbocycles. The molecule has 1 fully saturated rings. The van der Waals surface area contributed by atoms with Crippen LogP contribution in [0.3, 0.4) is 0 Å². The van der Waals surface area contributed by atoms with Gasteiger partial charge in [0.25, 0.3) is 0 Å². The number of nitrogens with zero attached hydrogens (tertiary/aromatic N) is 4. The van der Waals surface area contributed by atoms with E-state index in [4.69, 9.17) is 10.5 Å². The van der Waals surface area contributed by atoms with Gasteiger partial charge in [-0.25, -0.2) is 9.97 Å². The minimum absolute atomic E-state index is 0.423. The van der Waals surface area contributed by atoms with Gasteiger partial charge in [-0.2, -0.15) is 0 Å². The Bertz CT molecular complexity index is 770. The summed E-state index contributed by atoms with van der Waals surface area (Å²) < 4.78 is 5.74. The first-order valence-electron chi connectivity index (χ1n) is 9.33. The molecule has 1 aromatic carbocycles. The molecule has 1 saturated heterocycles. The standard InChI is InChI=1S/C20H27N5O2/c1-15-16(2)22-14-23-20(15)25-11-9-24(10-12-25)8-3-13-27-18-6-4-17(5-7-18)19(21)26/h4-7,14H,3,8-13H2,1-2H3,(H2,21,26). The molecule has 27 heavy (non-hydrogen) atoms. The fraction of sp³-hybridized carbons (Fsp3) is 0.450. The summed E-state index contributed by atoms with van der Waals surface area (Å²) in [5, 5.41) is 0. The van der Waals surface area contributed by atoms with E-state index in [1.165, 1.54) is 5.56 Å². The van der Waals surface area contributed by atoms with Crippen LogP contribution in [0, 0.1) is 13.8 Å². The van der Waals surface area contributed by atoms with Crippen molar-refractivity contribution in [1.29, 1.82) is 0 Å². The third-order valence-corrected chi connectivity index (χ3v) is 5.01. The Balaban J connectivity index is 1.38. The number of amides is 1. The molecule has 2 N–H and O–H groups in total. The average Bonchev–Trinajstić information content (AvgIpc) is 2.68. The van der Waals surface area contributed by atoms with Gasteiger partial charge >= 0.3 is 0 Å². The maximum atomic E-state index is 11.1. The molecule has 0 unspecified atom stereocenters. The van der Waals surface area contributed by atoms with Gasteiger partial charge in [0.15, 0.2) is 0 Å². The number of anilines is 1. The van der Waals surface area contributed by atoms with E-state index in [0.29, 0.717) is 12.2 Å². The van der Waals surface area contributed by atoms with Crippen molar-refractivity contribution in [2.75, 3.05) is 44.2 Å². The second-order valence-corrected chi connectivity index (χ2v) is 6.83. The number of benzene rings is 1. The Labute approximate surface area is 160 Å². The first-order valence-corrected chi connectivity index (χ1v) is 9.33. The van der Waals surface area contributed by atoms with Crippen molar-refractivity contribution in [1.82, 2.24) is 14.9 Å². The predicted octanol–water partition coefficient (Wildman–Crippen LogP) is 1.78. The summed E-state index contributed by atoms with van der Waals surface area (Å²) in [7, 11) is 0. The second-order valence-electron chi connectivity index (χ2n) is 6.83. The number of carbonyl (C=O) groups is 1. The van der Waals surface area contributed by atoms with E-state index in [1.54, 1.807) is 30.6 Å². The Morgan fingerprint density at radius 2 is 1.81 bits per heavy atom. The lowest BCUT2D eigenvalue weighted by molar-refractivity contribution is 0.1000. The number of primary amides is 1. The number of aromatic nitrogens is 2. The zero-order valence-electron chi connectivity index (χ0n) is 16.0. The van der Waals surface area contributed by atoms with Crippen LogP contribution in [0.5, 0.6) is 5.75 Å². The van der Waals surface area contributed by atoms with Crippen LogP contribution in [-0.2, 0) is 0 Å². The van der Waals surface area contributed by atoms with E-state index in [2.05, 4.69) is 26.7 Å². The van der Waals surface area contributed by atoms with E-state index < -0.39 is 5.91 Å². The topological polar surface area (TPSA) is 84.6 Å². The number of rotatable bonds is 7. The van der Waals surface area contributed by atoms with E-state index in [-0.39, 0.29) is 0 Å². The van der Waals surface area contributed by atoms with Gasteiger partial charge in [0.05, 0.1) is 6.61 Å². The molecular formula is C20H27N5O2. The van der Waals surface area contributed by atoms with Gasteiger partial charge in [0.1, 0.15) is 17.9 Å². The molecule has 144 valence electrons. The van der Waals surface area contributed by atoms with Crippen LogP contribution in [0.4, 0.5) is 5.82 Å². The molecule has 0 bridgehead atoms. The second kappa shape index (κ2) is 8.81. The highest BCUT2D eigenvalue weighted by atomic mass is 16.5. The van der Waals surface area contributed by atoms with Crippen LogP contribution in [-0.4, -0.2) is 60.1 Å². The molecule has 0 saturated carbocycles. The first kappa shape index (κ1) is 19.1. The van der Waals surface area contributed by atoms with Gasteiger partial charge < -0.3 is 15.4 Å². The Morgan fingerprint density at radius 1 is 1.11 bits per heavy atom. The zero-order chi connectivity index (χ0) is 19.2. The van der Waals surface area contributed by atoms with E-state index in [0.717, 1.165) is 56.4 Å². The Morgan fingerprint density at radius 3 is 2.48 bits per heavy atom. The van der Waals surface area contributed by atoms with Gasteiger partial charge in [-0.1, -0.05) is 0 Å². The van der Waals surface area contributed by atoms with Crippen LogP contribution in [0.15, 0.2) is 30.6 Å². The molecule has 2 heterocycles. The van der Waals surface area contributed by atoms with Crippen LogP contribution >= 0.6 is 0 Å². The highest BCUT2D eigenvalue weighted by molar-refractivity contribution is 5.92. The lowest BCUT2D eigenvalue weighted by Crippen LogP contribution is -2.47. The summed E-state index contributed by atoms with van der Waals surface area (Å²) in [5.41, 5.74) is 7.94. The number of piperazine rings is 1. The van der Waals surface area contributed by atoms with Crippen molar-refractivity contribution >= 4 is 11.7 Å². The number of aryl methyl sites for hydroxylation is 1. The van der Waals surface area contributed by atoms with Crippen LogP contribution in [0.2, 0.25) is 0 Å². The quantitative estimate of drug-likeness (QED) is 0.749. The highest BCUT2D eigenvalue weighted by Gasteiger charge is 2.19. The van der Waals surface area contributed by atoms with Crippen molar-refractivity contribution in [3.8, 4) is 5.75 Å². The van der Waals surface area contributed by atoms with Gasteiger partial charge in [0, 0.05) is 49.5 Å². The highest BCUT2D eigenvalue weighted by Crippen LogP contribution is 2.19. The molecule has 1 aliphatic heterocycles. The Hall–Kier alpha value is -2.67. The zero-order valence-corrected chi connectivity index (χ0v) is 16.0. The molecule has 1 aliphatic rings. The van der Waals surface area contributed by atoms with Crippen LogP contribution < -0.4 is 15.4 Å². The van der Waals surface area contributed by atoms with E-state index in [1.807, 2.05) is 6.92 Å². The number of nitrogens with two attached hydrogens (primary N) is 1. The summed E-state index contributed by atoms with van der Waals surface area (Å²) in [6.45, 7) is 9.78. The van der Waals surface area contributed by atoms with Crippen molar-refractivity contribution in [3.05, 3.63) is 47.4 Å². The molecular weight excluding hydrogens is 342 g/mol. The van der Waals surface area contributed by atoms with Crippen molar-refractivity contribution in [3.63, 3.8) is 0 Å². The molecule has 7 heteroatoms. The van der Waals surface area contributed by atoms with Crippen molar-refractivity contribution in [2.45, 2.75) is 20.3 Å². The average molecular weight is 369 g/mol. The van der Waals surface area contributed by atoms with Crippen molar-refractivity contribution in [2.24, 2.45) is 5.73 Å². The third kappa shape index (κ3) is 4.95. The smallest absolute Gasteiger partial charge is 0.248 e. The van der Waals surface area contributed by atoms with Gasteiger partial charge in [0.2, 0.25) is 5.91 Å². The van der Waals surface area contributed by atoms with E-state index >= 15 is 0 Å². The molecule has 2 aromatic rings. The lowest BCUT2D eigenvalue weighted by atomic mass is 10.2. The monoisotopic (exact) mass is 369 g/mol. The number of hydrogen-bond acceptors (Lipinski definition) is 6. The maximum absolute atomic E-state index is 11.1. The minimum atomic E-state index is -0.423. The van der Waals surface area contributed by atoms with E-state index in [9.17, 15) is 4.79 Å². The molecule has 0 radical (unpaired) electrons. The summed E-state index contributed by atoms with van der Waals surface area (Å²) in [6.07, 6.45) is 2.61. The first-order chi connectivity index (χ1) is 13.0. The van der Waals surface area contributed by atoms with Crippen LogP contribution in [0.1, 0.15) is 28.0 Å². The molecule has 1 amide bonds. The lowest BCUT2D eigenvalue weighted by Gasteiger charge is -2.36. The third-order valence-electron chi connectivity index (χ3n) is 5.01. The fourth-order valence-corrected chi connectivity index (χ4v) is 3.22. The predicted molar refractivity (Wildman–Crippen MR) is 105 cm³/mol. The molecule has 1 aromatic heterocycles. The number of hydrogen-bond donors (Lipinski definition) is 1. The maximum Gasteiger partial charge on any atom is 0.248 e. The van der Waals surface area contributed by atoms with Crippen molar-refractivity contribution < 1.29 is 9.53 Å². The molecule has 0 spiro atoms.